The Hall–Kier alpha value is -1.64. The third kappa shape index (κ3) is 5.33. The average molecular weight is 295 g/mol. The molecule has 0 amide bonds. The first-order chi connectivity index (χ1) is 10.4. The molecule has 21 heavy (non-hydrogen) atoms. The van der Waals surface area contributed by atoms with Gasteiger partial charge in [-0.05, 0) is 37.5 Å². The molecule has 2 heteroatoms. The van der Waals surface area contributed by atoms with Crippen LogP contribution in [0.15, 0.2) is 60.7 Å². The minimum Gasteiger partial charge on any atom is -0.198 e. The zero-order valence-electron chi connectivity index (χ0n) is 12.4. The van der Waals surface area contributed by atoms with Gasteiger partial charge in [0.2, 0.25) is 0 Å². The quantitative estimate of drug-likeness (QED) is 0.516. The zero-order chi connectivity index (χ0) is 14.8. The van der Waals surface area contributed by atoms with Crippen molar-refractivity contribution in [2.24, 2.45) is 0 Å². The van der Waals surface area contributed by atoms with E-state index in [1.54, 1.807) is 0 Å². The van der Waals surface area contributed by atoms with Crippen LogP contribution in [0, 0.1) is 11.3 Å². The van der Waals surface area contributed by atoms with Crippen molar-refractivity contribution in [1.29, 1.82) is 5.26 Å². The largest absolute Gasteiger partial charge is 0.198 e. The van der Waals surface area contributed by atoms with Gasteiger partial charge in [-0.3, -0.25) is 0 Å². The first kappa shape index (κ1) is 15.7. The molecule has 0 aromatic heterocycles. The van der Waals surface area contributed by atoms with E-state index in [2.05, 4.69) is 66.7 Å². The molecule has 0 fully saturated rings. The van der Waals surface area contributed by atoms with Gasteiger partial charge in [-0.2, -0.15) is 5.26 Å². The highest BCUT2D eigenvalue weighted by molar-refractivity contribution is 7.73. The van der Waals surface area contributed by atoms with Crippen molar-refractivity contribution in [3.8, 4) is 6.07 Å². The molecule has 2 rings (SSSR count). The van der Waals surface area contributed by atoms with Gasteiger partial charge in [0.05, 0.1) is 6.07 Å². The number of nitriles is 1. The van der Waals surface area contributed by atoms with Crippen molar-refractivity contribution in [3.05, 3.63) is 60.7 Å². The van der Waals surface area contributed by atoms with Gasteiger partial charge in [-0.1, -0.05) is 73.5 Å². The molecule has 2 aromatic rings. The molecule has 0 radical (unpaired) electrons. The van der Waals surface area contributed by atoms with Crippen molar-refractivity contribution in [2.75, 3.05) is 6.16 Å². The van der Waals surface area contributed by atoms with Gasteiger partial charge in [0.1, 0.15) is 0 Å². The highest BCUT2D eigenvalue weighted by Crippen LogP contribution is 2.34. The second kappa shape index (κ2) is 9.32. The molecule has 0 saturated carbocycles. The van der Waals surface area contributed by atoms with Crippen LogP contribution in [0.2, 0.25) is 0 Å². The Morgan fingerprint density at radius 1 is 0.714 bits per heavy atom. The topological polar surface area (TPSA) is 23.8 Å². The molecule has 0 spiro atoms. The molecule has 0 bridgehead atoms. The minimum absolute atomic E-state index is 0.240. The third-order valence-corrected chi connectivity index (χ3v) is 6.16. The number of unbranched alkanes of at least 4 members (excludes halogenated alkanes) is 4. The standard InChI is InChI=1S/C19H22NP/c20-16-10-2-1-3-11-17-21(18-12-6-4-7-13-18)19-14-8-5-9-15-19/h4-9,12-15H,1-3,10-11,17H2. The van der Waals surface area contributed by atoms with E-state index in [4.69, 9.17) is 5.26 Å². The fraction of sp³-hybridized carbons (Fsp3) is 0.316. The molecule has 0 heterocycles. The first-order valence-corrected chi connectivity index (χ1v) is 9.19. The SMILES string of the molecule is N#CCCCCCCP(c1ccccc1)c1ccccc1. The van der Waals surface area contributed by atoms with Crippen LogP contribution in [-0.4, -0.2) is 6.16 Å². The van der Waals surface area contributed by atoms with E-state index >= 15 is 0 Å². The molecular weight excluding hydrogens is 273 g/mol. The second-order valence-electron chi connectivity index (χ2n) is 5.15. The van der Waals surface area contributed by atoms with Gasteiger partial charge in [0, 0.05) is 6.42 Å². The summed E-state index contributed by atoms with van der Waals surface area (Å²) in [6, 6.07) is 24.0. The maximum absolute atomic E-state index is 8.56. The normalized spacial score (nSPS) is 10.5. The van der Waals surface area contributed by atoms with E-state index in [-0.39, 0.29) is 7.92 Å². The molecular formula is C19H22NP. The van der Waals surface area contributed by atoms with Crippen LogP contribution in [0.1, 0.15) is 32.1 Å². The molecule has 0 aliphatic carbocycles. The molecule has 0 atom stereocenters. The lowest BCUT2D eigenvalue weighted by molar-refractivity contribution is 0.680. The van der Waals surface area contributed by atoms with Crippen molar-refractivity contribution in [2.45, 2.75) is 32.1 Å². The van der Waals surface area contributed by atoms with E-state index in [1.165, 1.54) is 36.0 Å². The Labute approximate surface area is 129 Å². The Balaban J connectivity index is 1.96. The molecule has 0 N–H and O–H groups in total. The van der Waals surface area contributed by atoms with E-state index in [0.717, 1.165) is 6.42 Å². The number of hydrogen-bond acceptors (Lipinski definition) is 1. The smallest absolute Gasteiger partial charge is 0.0621 e. The van der Waals surface area contributed by atoms with Crippen molar-refractivity contribution in [1.82, 2.24) is 0 Å². The van der Waals surface area contributed by atoms with Gasteiger partial charge >= 0.3 is 0 Å². The summed E-state index contributed by atoms with van der Waals surface area (Å²) < 4.78 is 0. The predicted octanol–water partition coefficient (Wildman–Crippen LogP) is 4.59. The highest BCUT2D eigenvalue weighted by Gasteiger charge is 2.12. The van der Waals surface area contributed by atoms with Gasteiger partial charge in [-0.15, -0.1) is 0 Å². The lowest BCUT2D eigenvalue weighted by Gasteiger charge is -2.18. The molecule has 0 unspecified atom stereocenters. The van der Waals surface area contributed by atoms with Crippen LogP contribution in [0.25, 0.3) is 0 Å². The van der Waals surface area contributed by atoms with Crippen LogP contribution in [-0.2, 0) is 0 Å². The van der Waals surface area contributed by atoms with Crippen LogP contribution < -0.4 is 10.6 Å². The Kier molecular flexibility index (Phi) is 6.99. The second-order valence-corrected chi connectivity index (χ2v) is 7.48. The number of benzene rings is 2. The van der Waals surface area contributed by atoms with Crippen LogP contribution >= 0.6 is 7.92 Å². The molecule has 0 aliphatic heterocycles. The number of hydrogen-bond donors (Lipinski definition) is 0. The Bertz CT molecular complexity index is 505. The molecule has 0 saturated heterocycles. The fourth-order valence-electron chi connectivity index (χ4n) is 2.45. The van der Waals surface area contributed by atoms with Gasteiger partial charge in [0.15, 0.2) is 0 Å². The van der Waals surface area contributed by atoms with E-state index < -0.39 is 0 Å². The summed E-state index contributed by atoms with van der Waals surface area (Å²) in [6.07, 6.45) is 6.66. The summed E-state index contributed by atoms with van der Waals surface area (Å²) in [5, 5.41) is 11.5. The summed E-state index contributed by atoms with van der Waals surface area (Å²) in [5.74, 6) is 0. The highest BCUT2D eigenvalue weighted by atomic mass is 31.1. The lowest BCUT2D eigenvalue weighted by atomic mass is 10.2. The van der Waals surface area contributed by atoms with Crippen molar-refractivity contribution in [3.63, 3.8) is 0 Å². The number of rotatable bonds is 8. The monoisotopic (exact) mass is 295 g/mol. The molecule has 1 nitrogen and oxygen atoms in total. The summed E-state index contributed by atoms with van der Waals surface area (Å²) in [5.41, 5.74) is 0. The van der Waals surface area contributed by atoms with Gasteiger partial charge in [0.25, 0.3) is 0 Å². The maximum Gasteiger partial charge on any atom is 0.0621 e. The third-order valence-electron chi connectivity index (χ3n) is 3.56. The first-order valence-electron chi connectivity index (χ1n) is 7.66. The molecule has 108 valence electrons. The van der Waals surface area contributed by atoms with Gasteiger partial charge in [-0.25, -0.2) is 0 Å². The minimum atomic E-state index is -0.240. The zero-order valence-corrected chi connectivity index (χ0v) is 13.3. The summed E-state index contributed by atoms with van der Waals surface area (Å²) in [7, 11) is -0.240. The van der Waals surface area contributed by atoms with Crippen LogP contribution in [0.3, 0.4) is 0 Å². The van der Waals surface area contributed by atoms with Crippen molar-refractivity contribution >= 4 is 18.5 Å². The van der Waals surface area contributed by atoms with Crippen molar-refractivity contribution < 1.29 is 0 Å². The van der Waals surface area contributed by atoms with E-state index in [0.29, 0.717) is 6.42 Å². The lowest BCUT2D eigenvalue weighted by Crippen LogP contribution is -2.13. The van der Waals surface area contributed by atoms with Gasteiger partial charge < -0.3 is 0 Å². The summed E-state index contributed by atoms with van der Waals surface area (Å²) >= 11 is 0. The van der Waals surface area contributed by atoms with Crippen LogP contribution in [0.5, 0.6) is 0 Å². The maximum atomic E-state index is 8.56. The average Bonchev–Trinajstić information content (AvgIpc) is 2.56. The van der Waals surface area contributed by atoms with E-state index in [1.807, 2.05) is 0 Å². The summed E-state index contributed by atoms with van der Waals surface area (Å²) in [6.45, 7) is 0. The number of nitrogens with zero attached hydrogens (tertiary/aromatic N) is 1. The van der Waals surface area contributed by atoms with E-state index in [9.17, 15) is 0 Å². The molecule has 2 aromatic carbocycles. The predicted molar refractivity (Wildman–Crippen MR) is 92.6 cm³/mol. The Morgan fingerprint density at radius 2 is 1.24 bits per heavy atom. The molecule has 0 aliphatic rings. The Morgan fingerprint density at radius 3 is 1.76 bits per heavy atom. The fourth-order valence-corrected chi connectivity index (χ4v) is 4.87. The van der Waals surface area contributed by atoms with Crippen LogP contribution in [0.4, 0.5) is 0 Å². The summed E-state index contributed by atoms with van der Waals surface area (Å²) in [4.78, 5) is 0.